The minimum Gasteiger partial charge on any atom is -0.367 e. The van der Waals surface area contributed by atoms with E-state index < -0.39 is 0 Å². The van der Waals surface area contributed by atoms with Crippen LogP contribution in [-0.4, -0.2) is 15.1 Å². The fourth-order valence-corrected chi connectivity index (χ4v) is 3.22. The van der Waals surface area contributed by atoms with E-state index in [1.54, 1.807) is 11.8 Å². The van der Waals surface area contributed by atoms with E-state index in [0.717, 1.165) is 16.6 Å². The van der Waals surface area contributed by atoms with E-state index in [0.29, 0.717) is 0 Å². The first-order chi connectivity index (χ1) is 9.81. The van der Waals surface area contributed by atoms with Crippen LogP contribution in [0.2, 0.25) is 0 Å². The summed E-state index contributed by atoms with van der Waals surface area (Å²) in [6.07, 6.45) is 7.25. The van der Waals surface area contributed by atoms with Crippen molar-refractivity contribution in [3.8, 4) is 0 Å². The maximum atomic E-state index is 5.37. The average Bonchev–Trinajstić information content (AvgIpc) is 2.88. The summed E-state index contributed by atoms with van der Waals surface area (Å²) in [5, 5.41) is 4.62. The highest BCUT2D eigenvalue weighted by Crippen LogP contribution is 2.17. The molecule has 0 aliphatic rings. The smallest absolute Gasteiger partial charge is 0.134 e. The van der Waals surface area contributed by atoms with Gasteiger partial charge >= 0.3 is 0 Å². The van der Waals surface area contributed by atoms with Gasteiger partial charge in [0, 0.05) is 29.4 Å². The van der Waals surface area contributed by atoms with Gasteiger partial charge in [-0.2, -0.15) is 0 Å². The van der Waals surface area contributed by atoms with E-state index in [2.05, 4.69) is 41.6 Å². The third-order valence-electron chi connectivity index (χ3n) is 3.33. The Morgan fingerprint density at radius 2 is 2.10 bits per heavy atom. The molecule has 2 nitrogen and oxygen atoms in total. The molecule has 0 unspecified atom stereocenters. The minimum absolute atomic E-state index is 0.796. The molecule has 2 aromatic rings. The van der Waals surface area contributed by atoms with Crippen LogP contribution in [0.3, 0.4) is 0 Å². The van der Waals surface area contributed by atoms with Gasteiger partial charge in [-0.1, -0.05) is 68.4 Å². The van der Waals surface area contributed by atoms with Gasteiger partial charge in [0.25, 0.3) is 0 Å². The second-order valence-electron chi connectivity index (χ2n) is 4.91. The van der Waals surface area contributed by atoms with Crippen LogP contribution < -0.4 is 5.32 Å². The topological polar surface area (TPSA) is 27.8 Å². The van der Waals surface area contributed by atoms with E-state index in [-0.39, 0.29) is 0 Å². The molecule has 0 aliphatic heterocycles. The highest BCUT2D eigenvalue weighted by Gasteiger charge is 2.03. The SMILES string of the molecule is CCCCCCSC(=S)NCc1c[nH]c2ccccc12. The predicted molar refractivity (Wildman–Crippen MR) is 94.3 cm³/mol. The second kappa shape index (κ2) is 8.32. The van der Waals surface area contributed by atoms with Gasteiger partial charge in [-0.05, 0) is 18.1 Å². The molecular weight excluding hydrogens is 284 g/mol. The van der Waals surface area contributed by atoms with Crippen LogP contribution in [0, 0.1) is 0 Å². The number of benzene rings is 1. The number of aromatic nitrogens is 1. The molecule has 0 bridgehead atoms. The van der Waals surface area contributed by atoms with Crippen LogP contribution in [0.1, 0.15) is 38.2 Å². The zero-order valence-electron chi connectivity index (χ0n) is 11.9. The first kappa shape index (κ1) is 15.4. The molecule has 0 atom stereocenters. The van der Waals surface area contributed by atoms with Crippen molar-refractivity contribution in [1.82, 2.24) is 10.3 Å². The van der Waals surface area contributed by atoms with Crippen LogP contribution in [0.4, 0.5) is 0 Å². The second-order valence-corrected chi connectivity index (χ2v) is 6.68. The van der Waals surface area contributed by atoms with E-state index in [1.807, 2.05) is 6.07 Å². The number of aromatic amines is 1. The Balaban J connectivity index is 1.73. The lowest BCUT2D eigenvalue weighted by atomic mass is 10.2. The quantitative estimate of drug-likeness (QED) is 0.565. The first-order valence-corrected chi connectivity index (χ1v) is 8.66. The number of thioether (sulfide) groups is 1. The van der Waals surface area contributed by atoms with Gasteiger partial charge < -0.3 is 10.3 Å². The molecule has 20 heavy (non-hydrogen) atoms. The molecule has 2 N–H and O–H groups in total. The molecule has 0 saturated carbocycles. The molecule has 2 rings (SSSR count). The Morgan fingerprint density at radius 1 is 1.25 bits per heavy atom. The molecule has 4 heteroatoms. The summed E-state index contributed by atoms with van der Waals surface area (Å²) in [4.78, 5) is 3.29. The van der Waals surface area contributed by atoms with E-state index in [9.17, 15) is 0 Å². The fourth-order valence-electron chi connectivity index (χ4n) is 2.19. The van der Waals surface area contributed by atoms with Gasteiger partial charge in [0.1, 0.15) is 4.32 Å². The van der Waals surface area contributed by atoms with Crippen LogP contribution >= 0.6 is 24.0 Å². The molecular formula is C16H22N2S2. The Morgan fingerprint density at radius 3 is 2.95 bits per heavy atom. The molecule has 0 aliphatic carbocycles. The van der Waals surface area contributed by atoms with Crippen LogP contribution in [0.5, 0.6) is 0 Å². The average molecular weight is 307 g/mol. The van der Waals surface area contributed by atoms with E-state index in [4.69, 9.17) is 12.2 Å². The van der Waals surface area contributed by atoms with Gasteiger partial charge in [-0.15, -0.1) is 0 Å². The molecule has 1 aromatic heterocycles. The molecule has 0 radical (unpaired) electrons. The number of thiocarbonyl (C=S) groups is 1. The van der Waals surface area contributed by atoms with E-state index in [1.165, 1.54) is 42.1 Å². The maximum Gasteiger partial charge on any atom is 0.134 e. The number of rotatable bonds is 7. The summed E-state index contributed by atoms with van der Waals surface area (Å²) in [5.74, 6) is 1.12. The summed E-state index contributed by atoms with van der Waals surface area (Å²) >= 11 is 7.13. The lowest BCUT2D eigenvalue weighted by Crippen LogP contribution is -2.17. The number of hydrogen-bond acceptors (Lipinski definition) is 2. The minimum atomic E-state index is 0.796. The zero-order chi connectivity index (χ0) is 14.2. The van der Waals surface area contributed by atoms with Crippen LogP contribution in [0.25, 0.3) is 10.9 Å². The lowest BCUT2D eigenvalue weighted by molar-refractivity contribution is 0.707. The molecule has 0 amide bonds. The van der Waals surface area contributed by atoms with Crippen molar-refractivity contribution < 1.29 is 0 Å². The van der Waals surface area contributed by atoms with Gasteiger partial charge in [-0.25, -0.2) is 0 Å². The van der Waals surface area contributed by atoms with Gasteiger partial charge in [0.05, 0.1) is 0 Å². The third-order valence-corrected chi connectivity index (χ3v) is 4.73. The van der Waals surface area contributed by atoms with Crippen LogP contribution in [-0.2, 0) is 6.54 Å². The largest absolute Gasteiger partial charge is 0.367 e. The van der Waals surface area contributed by atoms with Crippen molar-refractivity contribution in [2.24, 2.45) is 0 Å². The standard InChI is InChI=1S/C16H22N2S2/c1-2-3-4-7-10-20-16(19)18-12-13-11-17-15-9-6-5-8-14(13)15/h5-6,8-9,11,17H,2-4,7,10,12H2,1H3,(H,18,19). The van der Waals surface area contributed by atoms with Crippen molar-refractivity contribution >= 4 is 39.2 Å². The number of hydrogen-bond donors (Lipinski definition) is 2. The maximum absolute atomic E-state index is 5.37. The Labute approximate surface area is 130 Å². The molecule has 1 heterocycles. The fraction of sp³-hybridized carbons (Fsp3) is 0.438. The van der Waals surface area contributed by atoms with E-state index >= 15 is 0 Å². The molecule has 0 saturated heterocycles. The number of H-pyrrole nitrogens is 1. The molecule has 0 fully saturated rings. The molecule has 0 spiro atoms. The molecule has 108 valence electrons. The highest BCUT2D eigenvalue weighted by molar-refractivity contribution is 8.22. The van der Waals surface area contributed by atoms with Gasteiger partial charge in [-0.3, -0.25) is 0 Å². The Kier molecular flexibility index (Phi) is 6.40. The van der Waals surface area contributed by atoms with Crippen LogP contribution in [0.15, 0.2) is 30.5 Å². The zero-order valence-corrected chi connectivity index (χ0v) is 13.6. The summed E-state index contributed by atoms with van der Waals surface area (Å²) in [5.41, 5.74) is 2.46. The highest BCUT2D eigenvalue weighted by atomic mass is 32.2. The summed E-state index contributed by atoms with van der Waals surface area (Å²) < 4.78 is 0.909. The Bertz CT molecular complexity index is 548. The Hall–Kier alpha value is -1.00. The number of fused-ring (bicyclic) bond motifs is 1. The monoisotopic (exact) mass is 306 g/mol. The normalized spacial score (nSPS) is 10.8. The van der Waals surface area contributed by atoms with Crippen molar-refractivity contribution in [3.63, 3.8) is 0 Å². The number of nitrogens with one attached hydrogen (secondary N) is 2. The van der Waals surface area contributed by atoms with Crippen molar-refractivity contribution in [3.05, 3.63) is 36.0 Å². The summed E-state index contributed by atoms with van der Waals surface area (Å²) in [6.45, 7) is 3.03. The predicted octanol–water partition coefficient (Wildman–Crippen LogP) is 4.86. The molecule has 1 aromatic carbocycles. The number of unbranched alkanes of at least 4 members (excludes halogenated alkanes) is 3. The van der Waals surface area contributed by atoms with Crippen molar-refractivity contribution in [2.45, 2.75) is 39.2 Å². The third kappa shape index (κ3) is 4.53. The summed E-state index contributed by atoms with van der Waals surface area (Å²) in [6, 6.07) is 8.36. The van der Waals surface area contributed by atoms with Crippen molar-refractivity contribution in [1.29, 1.82) is 0 Å². The lowest BCUT2D eigenvalue weighted by Gasteiger charge is -2.06. The van der Waals surface area contributed by atoms with Gasteiger partial charge in [0.15, 0.2) is 0 Å². The first-order valence-electron chi connectivity index (χ1n) is 7.27. The van der Waals surface area contributed by atoms with Gasteiger partial charge in [0.2, 0.25) is 0 Å². The summed E-state index contributed by atoms with van der Waals surface area (Å²) in [7, 11) is 0. The number of para-hydroxylation sites is 1. The van der Waals surface area contributed by atoms with Crippen molar-refractivity contribution in [2.75, 3.05) is 5.75 Å².